The van der Waals surface area contributed by atoms with E-state index in [4.69, 9.17) is 27.9 Å². The zero-order valence-electron chi connectivity index (χ0n) is 16.6. The molecule has 6 nitrogen and oxygen atoms in total. The van der Waals surface area contributed by atoms with Gasteiger partial charge in [0, 0.05) is 47.8 Å². The first kappa shape index (κ1) is 20.8. The molecule has 2 aliphatic heterocycles. The summed E-state index contributed by atoms with van der Waals surface area (Å²) in [4.78, 5) is 28.6. The van der Waals surface area contributed by atoms with Crippen molar-refractivity contribution in [3.05, 3.63) is 63.6 Å². The number of benzene rings is 2. The second-order valence-corrected chi connectivity index (χ2v) is 8.39. The number of ether oxygens (including phenoxy) is 1. The Morgan fingerprint density at radius 1 is 1.10 bits per heavy atom. The summed E-state index contributed by atoms with van der Waals surface area (Å²) in [5.74, 6) is 0.148. The fraction of sp³-hybridized carbons (Fsp3) is 0.364. The van der Waals surface area contributed by atoms with Gasteiger partial charge in [0.2, 0.25) is 0 Å². The first-order valence-corrected chi connectivity index (χ1v) is 10.7. The van der Waals surface area contributed by atoms with Crippen molar-refractivity contribution in [2.45, 2.75) is 19.5 Å². The van der Waals surface area contributed by atoms with E-state index in [-0.39, 0.29) is 12.0 Å². The summed E-state index contributed by atoms with van der Waals surface area (Å²) >= 11 is 12.1. The normalized spacial score (nSPS) is 19.8. The van der Waals surface area contributed by atoms with Gasteiger partial charge in [-0.1, -0.05) is 29.3 Å². The van der Waals surface area contributed by atoms with Gasteiger partial charge in [0.25, 0.3) is 0 Å². The molecule has 0 aliphatic carbocycles. The molecule has 2 amide bonds. The summed E-state index contributed by atoms with van der Waals surface area (Å²) < 4.78 is 5.03. The number of nitrogens with one attached hydrogen (secondary N) is 1. The molecule has 2 aliphatic rings. The van der Waals surface area contributed by atoms with Crippen molar-refractivity contribution in [3.8, 4) is 0 Å². The first-order valence-electron chi connectivity index (χ1n) is 9.96. The number of rotatable bonds is 5. The van der Waals surface area contributed by atoms with E-state index in [1.165, 1.54) is 0 Å². The Balaban J connectivity index is 1.32. The van der Waals surface area contributed by atoms with Crippen LogP contribution >= 0.6 is 23.2 Å². The molecule has 2 aromatic carbocycles. The van der Waals surface area contributed by atoms with Gasteiger partial charge in [-0.15, -0.1) is 0 Å². The maximum Gasteiger partial charge on any atom is 0.338 e. The van der Waals surface area contributed by atoms with Gasteiger partial charge < -0.3 is 19.9 Å². The van der Waals surface area contributed by atoms with Crippen LogP contribution in [0.3, 0.4) is 0 Å². The highest BCUT2D eigenvalue weighted by molar-refractivity contribution is 6.35. The summed E-state index contributed by atoms with van der Waals surface area (Å²) in [6.07, 6.45) is 0. The largest absolute Gasteiger partial charge is 0.462 e. The fourth-order valence-electron chi connectivity index (χ4n) is 4.05. The highest BCUT2D eigenvalue weighted by Gasteiger charge is 2.46. The quantitative estimate of drug-likeness (QED) is 0.697. The van der Waals surface area contributed by atoms with Crippen molar-refractivity contribution in [2.24, 2.45) is 5.92 Å². The van der Waals surface area contributed by atoms with Crippen molar-refractivity contribution in [1.29, 1.82) is 0 Å². The third kappa shape index (κ3) is 4.20. The van der Waals surface area contributed by atoms with Crippen LogP contribution < -0.4 is 10.2 Å². The van der Waals surface area contributed by atoms with Crippen molar-refractivity contribution >= 4 is 40.9 Å². The van der Waals surface area contributed by atoms with Crippen LogP contribution in [0.4, 0.5) is 10.5 Å². The Morgan fingerprint density at radius 3 is 2.57 bits per heavy atom. The van der Waals surface area contributed by atoms with E-state index in [0.717, 1.165) is 24.3 Å². The van der Waals surface area contributed by atoms with Crippen LogP contribution in [-0.4, -0.2) is 49.2 Å². The molecule has 2 unspecified atom stereocenters. The van der Waals surface area contributed by atoms with Crippen LogP contribution in [-0.2, 0) is 11.3 Å². The lowest BCUT2D eigenvalue weighted by Gasteiger charge is -2.45. The van der Waals surface area contributed by atoms with Crippen LogP contribution in [0.15, 0.2) is 42.5 Å². The first-order chi connectivity index (χ1) is 14.5. The average Bonchev–Trinajstić information content (AvgIpc) is 3.04. The van der Waals surface area contributed by atoms with Crippen LogP contribution in [0.2, 0.25) is 10.0 Å². The summed E-state index contributed by atoms with van der Waals surface area (Å²) in [7, 11) is 0. The maximum absolute atomic E-state index is 12.6. The molecule has 0 bridgehead atoms. The number of urea groups is 1. The van der Waals surface area contributed by atoms with Gasteiger partial charge in [-0.3, -0.25) is 0 Å². The predicted octanol–water partition coefficient (Wildman–Crippen LogP) is 4.20. The number of hydrogen-bond acceptors (Lipinski definition) is 4. The number of carbonyl (C=O) groups is 2. The second-order valence-electron chi connectivity index (χ2n) is 7.55. The van der Waals surface area contributed by atoms with Gasteiger partial charge in [-0.25, -0.2) is 9.59 Å². The number of hydrogen-bond donors (Lipinski definition) is 1. The highest BCUT2D eigenvalue weighted by atomic mass is 35.5. The van der Waals surface area contributed by atoms with Crippen molar-refractivity contribution in [1.82, 2.24) is 10.2 Å². The number of anilines is 1. The third-order valence-corrected chi connectivity index (χ3v) is 6.27. The minimum absolute atomic E-state index is 0.0898. The number of nitrogens with zero attached hydrogens (tertiary/aromatic N) is 2. The zero-order valence-corrected chi connectivity index (χ0v) is 18.1. The molecule has 0 aromatic heterocycles. The fourth-order valence-corrected chi connectivity index (χ4v) is 4.53. The van der Waals surface area contributed by atoms with Crippen molar-refractivity contribution < 1.29 is 14.3 Å². The Labute approximate surface area is 185 Å². The number of fused-ring (bicyclic) bond motifs is 1. The number of likely N-dealkylation sites (tertiary alicyclic amines) is 1. The van der Waals surface area contributed by atoms with E-state index in [1.807, 2.05) is 23.1 Å². The molecule has 158 valence electrons. The van der Waals surface area contributed by atoms with Gasteiger partial charge in [0.1, 0.15) is 0 Å². The standard InChI is InChI=1S/C22H23Cl2N3O3/c1-2-30-21(28)14-4-7-18(8-5-14)27-12-16-11-26(13-20(16)27)22(29)25-10-15-3-6-17(23)9-19(15)24/h3-9,16,20H,2,10-13H2,1H3,(H,25,29). The zero-order chi connectivity index (χ0) is 21.3. The molecule has 0 saturated carbocycles. The molecule has 0 spiro atoms. The van der Waals surface area contributed by atoms with E-state index in [1.54, 1.807) is 31.2 Å². The van der Waals surface area contributed by atoms with E-state index in [0.29, 0.717) is 47.3 Å². The Morgan fingerprint density at radius 2 is 1.87 bits per heavy atom. The lowest BCUT2D eigenvalue weighted by atomic mass is 9.91. The summed E-state index contributed by atoms with van der Waals surface area (Å²) in [5.41, 5.74) is 2.44. The van der Waals surface area contributed by atoms with Gasteiger partial charge in [-0.05, 0) is 48.9 Å². The van der Waals surface area contributed by atoms with Gasteiger partial charge >= 0.3 is 12.0 Å². The van der Waals surface area contributed by atoms with Crippen LogP contribution in [0.25, 0.3) is 0 Å². The molecule has 2 heterocycles. The average molecular weight is 448 g/mol. The molecule has 2 fully saturated rings. The summed E-state index contributed by atoms with van der Waals surface area (Å²) in [6.45, 7) is 4.82. The number of halogens is 2. The van der Waals surface area contributed by atoms with Crippen molar-refractivity contribution in [3.63, 3.8) is 0 Å². The lowest BCUT2D eigenvalue weighted by Crippen LogP contribution is -2.55. The van der Waals surface area contributed by atoms with Crippen LogP contribution in [0.1, 0.15) is 22.8 Å². The molecule has 8 heteroatoms. The number of esters is 1. The van der Waals surface area contributed by atoms with E-state index in [2.05, 4.69) is 10.2 Å². The molecular weight excluding hydrogens is 425 g/mol. The Kier molecular flexibility index (Phi) is 6.06. The van der Waals surface area contributed by atoms with Crippen molar-refractivity contribution in [2.75, 3.05) is 31.1 Å². The Hall–Kier alpha value is -2.44. The summed E-state index contributed by atoms with van der Waals surface area (Å²) in [6, 6.07) is 12.9. The maximum atomic E-state index is 12.6. The molecule has 30 heavy (non-hydrogen) atoms. The van der Waals surface area contributed by atoms with Gasteiger partial charge in [-0.2, -0.15) is 0 Å². The summed E-state index contributed by atoms with van der Waals surface area (Å²) in [5, 5.41) is 4.06. The molecule has 4 rings (SSSR count). The second kappa shape index (κ2) is 8.74. The van der Waals surface area contributed by atoms with E-state index < -0.39 is 0 Å². The predicted molar refractivity (Wildman–Crippen MR) is 117 cm³/mol. The monoisotopic (exact) mass is 447 g/mol. The molecule has 2 aromatic rings. The van der Waals surface area contributed by atoms with E-state index in [9.17, 15) is 9.59 Å². The van der Waals surface area contributed by atoms with Gasteiger partial charge in [0.05, 0.1) is 18.2 Å². The topological polar surface area (TPSA) is 61.9 Å². The minimum Gasteiger partial charge on any atom is -0.462 e. The molecule has 0 radical (unpaired) electrons. The minimum atomic E-state index is -0.310. The van der Waals surface area contributed by atoms with Crippen LogP contribution in [0, 0.1) is 5.92 Å². The molecule has 2 atom stereocenters. The molecular formula is C22H23Cl2N3O3. The number of carbonyl (C=O) groups excluding carboxylic acids is 2. The molecule has 2 saturated heterocycles. The SMILES string of the molecule is CCOC(=O)c1ccc(N2CC3CN(C(=O)NCc4ccc(Cl)cc4Cl)CC32)cc1. The van der Waals surface area contributed by atoms with Crippen LogP contribution in [0.5, 0.6) is 0 Å². The lowest BCUT2D eigenvalue weighted by molar-refractivity contribution is 0.0526. The Bertz CT molecular complexity index is 951. The molecule has 1 N–H and O–H groups in total. The smallest absolute Gasteiger partial charge is 0.338 e. The third-order valence-electron chi connectivity index (χ3n) is 5.68. The van der Waals surface area contributed by atoms with E-state index >= 15 is 0 Å². The van der Waals surface area contributed by atoms with Gasteiger partial charge in [0.15, 0.2) is 0 Å². The number of amides is 2. The highest BCUT2D eigenvalue weighted by Crippen LogP contribution is 2.36.